The van der Waals surface area contributed by atoms with Crippen LogP contribution in [0.2, 0.25) is 0 Å². The molecule has 1 aliphatic heterocycles. The SMILES string of the molecule is O=c1[nH]ccn1-c1ccc(NC2CCS(=O)CC2)cc1. The first kappa shape index (κ1) is 13.2. The van der Waals surface area contributed by atoms with Crippen molar-refractivity contribution < 1.29 is 4.21 Å². The molecule has 0 aliphatic carbocycles. The van der Waals surface area contributed by atoms with E-state index in [1.807, 2.05) is 24.3 Å². The van der Waals surface area contributed by atoms with E-state index in [2.05, 4.69) is 10.3 Å². The Kier molecular flexibility index (Phi) is 3.73. The van der Waals surface area contributed by atoms with Crippen LogP contribution in [0, 0.1) is 0 Å². The van der Waals surface area contributed by atoms with E-state index >= 15 is 0 Å². The Balaban J connectivity index is 1.69. The van der Waals surface area contributed by atoms with Crippen molar-refractivity contribution in [3.63, 3.8) is 0 Å². The predicted octanol–water partition coefficient (Wildman–Crippen LogP) is 1.49. The lowest BCUT2D eigenvalue weighted by Gasteiger charge is -2.23. The van der Waals surface area contributed by atoms with Crippen LogP contribution < -0.4 is 11.0 Å². The summed E-state index contributed by atoms with van der Waals surface area (Å²) in [5.74, 6) is 1.57. The van der Waals surface area contributed by atoms with Crippen molar-refractivity contribution in [2.45, 2.75) is 18.9 Å². The zero-order valence-corrected chi connectivity index (χ0v) is 11.9. The molecule has 1 aromatic heterocycles. The van der Waals surface area contributed by atoms with Gasteiger partial charge in [-0.3, -0.25) is 8.78 Å². The monoisotopic (exact) mass is 291 g/mol. The molecule has 20 heavy (non-hydrogen) atoms. The second kappa shape index (κ2) is 5.66. The number of nitrogens with one attached hydrogen (secondary N) is 2. The number of anilines is 1. The van der Waals surface area contributed by atoms with Crippen molar-refractivity contribution in [2.75, 3.05) is 16.8 Å². The van der Waals surface area contributed by atoms with Crippen molar-refractivity contribution in [1.82, 2.24) is 9.55 Å². The fourth-order valence-corrected chi connectivity index (χ4v) is 3.71. The molecule has 1 aliphatic rings. The fraction of sp³-hybridized carbons (Fsp3) is 0.357. The largest absolute Gasteiger partial charge is 0.382 e. The van der Waals surface area contributed by atoms with Crippen LogP contribution in [0.3, 0.4) is 0 Å². The van der Waals surface area contributed by atoms with Crippen LogP contribution in [0.25, 0.3) is 5.69 Å². The van der Waals surface area contributed by atoms with Gasteiger partial charge in [0.25, 0.3) is 0 Å². The molecule has 1 saturated heterocycles. The van der Waals surface area contributed by atoms with Crippen LogP contribution in [0.4, 0.5) is 5.69 Å². The molecule has 0 bridgehead atoms. The highest BCUT2D eigenvalue weighted by Gasteiger charge is 2.17. The molecule has 2 N–H and O–H groups in total. The number of aromatic nitrogens is 2. The second-order valence-electron chi connectivity index (χ2n) is 4.95. The highest BCUT2D eigenvalue weighted by Crippen LogP contribution is 2.17. The van der Waals surface area contributed by atoms with E-state index in [1.54, 1.807) is 17.0 Å². The standard InChI is InChI=1S/C14H17N3O2S/c18-14-15-7-8-17(14)13-3-1-11(2-4-13)16-12-5-9-20(19)10-6-12/h1-4,7-8,12,16H,5-6,9-10H2,(H,15,18). The highest BCUT2D eigenvalue weighted by atomic mass is 32.2. The molecule has 1 fully saturated rings. The van der Waals surface area contributed by atoms with Crippen LogP contribution in [0.15, 0.2) is 41.5 Å². The molecule has 0 saturated carbocycles. The minimum atomic E-state index is -0.627. The molecule has 0 radical (unpaired) electrons. The Morgan fingerprint density at radius 3 is 2.50 bits per heavy atom. The minimum absolute atomic E-state index is 0.138. The van der Waals surface area contributed by atoms with Crippen LogP contribution in [0.5, 0.6) is 0 Å². The average molecular weight is 291 g/mol. The van der Waals surface area contributed by atoms with Crippen LogP contribution in [0.1, 0.15) is 12.8 Å². The van der Waals surface area contributed by atoms with Crippen LogP contribution >= 0.6 is 0 Å². The second-order valence-corrected chi connectivity index (χ2v) is 6.64. The zero-order chi connectivity index (χ0) is 13.9. The lowest BCUT2D eigenvalue weighted by atomic mass is 10.1. The maximum atomic E-state index is 11.5. The summed E-state index contributed by atoms with van der Waals surface area (Å²) in [6, 6.07) is 8.17. The van der Waals surface area contributed by atoms with Crippen molar-refractivity contribution in [3.05, 3.63) is 47.1 Å². The Morgan fingerprint density at radius 1 is 1.20 bits per heavy atom. The number of imidazole rings is 1. The van der Waals surface area contributed by atoms with Gasteiger partial charge in [-0.2, -0.15) is 0 Å². The summed E-state index contributed by atoms with van der Waals surface area (Å²) < 4.78 is 12.9. The van der Waals surface area contributed by atoms with Crippen LogP contribution in [-0.2, 0) is 10.8 Å². The van der Waals surface area contributed by atoms with Gasteiger partial charge in [-0.05, 0) is 37.1 Å². The summed E-state index contributed by atoms with van der Waals surface area (Å²) >= 11 is 0. The minimum Gasteiger partial charge on any atom is -0.382 e. The first-order chi connectivity index (χ1) is 9.72. The third kappa shape index (κ3) is 2.85. The third-order valence-electron chi connectivity index (χ3n) is 3.55. The molecule has 0 unspecified atom stereocenters. The van der Waals surface area contributed by atoms with Gasteiger partial charge in [0.2, 0.25) is 0 Å². The Bertz CT molecular complexity index is 650. The van der Waals surface area contributed by atoms with Gasteiger partial charge >= 0.3 is 5.69 Å². The molecule has 5 nitrogen and oxygen atoms in total. The number of H-pyrrole nitrogens is 1. The van der Waals surface area contributed by atoms with E-state index in [-0.39, 0.29) is 5.69 Å². The zero-order valence-electron chi connectivity index (χ0n) is 11.0. The summed E-state index contributed by atoms with van der Waals surface area (Å²) in [5.41, 5.74) is 1.74. The average Bonchev–Trinajstić information content (AvgIpc) is 2.89. The van der Waals surface area contributed by atoms with Crippen molar-refractivity contribution in [2.24, 2.45) is 0 Å². The first-order valence-electron chi connectivity index (χ1n) is 6.70. The number of rotatable bonds is 3. The van der Waals surface area contributed by atoms with Crippen molar-refractivity contribution in [1.29, 1.82) is 0 Å². The summed E-state index contributed by atoms with van der Waals surface area (Å²) in [6.07, 6.45) is 5.23. The molecule has 0 spiro atoms. The number of hydrogen-bond donors (Lipinski definition) is 2. The number of benzene rings is 1. The molecular weight excluding hydrogens is 274 g/mol. The topological polar surface area (TPSA) is 66.9 Å². The molecule has 3 rings (SSSR count). The van der Waals surface area contributed by atoms with E-state index in [0.717, 1.165) is 35.7 Å². The first-order valence-corrected chi connectivity index (χ1v) is 8.19. The van der Waals surface area contributed by atoms with Gasteiger partial charge in [-0.1, -0.05) is 0 Å². The lowest BCUT2D eigenvalue weighted by molar-refractivity contribution is 0.624. The molecule has 0 atom stereocenters. The van der Waals surface area contributed by atoms with E-state index in [9.17, 15) is 9.00 Å². The van der Waals surface area contributed by atoms with Gasteiger partial charge in [0.15, 0.2) is 0 Å². The number of aromatic amines is 1. The molecule has 0 amide bonds. The summed E-state index contributed by atoms with van der Waals surface area (Å²) in [5, 5.41) is 3.46. The maximum absolute atomic E-state index is 11.5. The fourth-order valence-electron chi connectivity index (χ4n) is 2.42. The highest BCUT2D eigenvalue weighted by molar-refractivity contribution is 7.85. The Hall–Kier alpha value is -1.82. The van der Waals surface area contributed by atoms with E-state index in [1.165, 1.54) is 0 Å². The lowest BCUT2D eigenvalue weighted by Crippen LogP contribution is -2.29. The van der Waals surface area contributed by atoms with Gasteiger partial charge in [0, 0.05) is 46.4 Å². The molecule has 1 aromatic carbocycles. The van der Waals surface area contributed by atoms with E-state index in [0.29, 0.717) is 6.04 Å². The number of hydrogen-bond acceptors (Lipinski definition) is 3. The molecule has 2 aromatic rings. The summed E-state index contributed by atoms with van der Waals surface area (Å²) in [6.45, 7) is 0. The molecular formula is C14H17N3O2S. The summed E-state index contributed by atoms with van der Waals surface area (Å²) in [7, 11) is -0.627. The molecule has 2 heterocycles. The van der Waals surface area contributed by atoms with Gasteiger partial charge < -0.3 is 10.3 Å². The smallest absolute Gasteiger partial charge is 0.330 e. The quantitative estimate of drug-likeness (QED) is 0.900. The number of nitrogens with zero attached hydrogens (tertiary/aromatic N) is 1. The van der Waals surface area contributed by atoms with E-state index in [4.69, 9.17) is 0 Å². The van der Waals surface area contributed by atoms with Gasteiger partial charge in [0.05, 0.1) is 5.69 Å². The Labute approximate surface area is 119 Å². The third-order valence-corrected chi connectivity index (χ3v) is 4.94. The van der Waals surface area contributed by atoms with Crippen LogP contribution in [-0.4, -0.2) is 31.3 Å². The molecule has 106 valence electrons. The Morgan fingerprint density at radius 2 is 1.90 bits per heavy atom. The maximum Gasteiger partial charge on any atom is 0.330 e. The summed E-state index contributed by atoms with van der Waals surface area (Å²) in [4.78, 5) is 14.1. The van der Waals surface area contributed by atoms with Crippen molar-refractivity contribution >= 4 is 16.5 Å². The van der Waals surface area contributed by atoms with E-state index < -0.39 is 10.8 Å². The molecule has 6 heteroatoms. The predicted molar refractivity (Wildman–Crippen MR) is 80.9 cm³/mol. The normalized spacial score (nSPS) is 22.6. The van der Waals surface area contributed by atoms with Gasteiger partial charge in [-0.25, -0.2) is 4.79 Å². The van der Waals surface area contributed by atoms with Gasteiger partial charge in [-0.15, -0.1) is 0 Å². The van der Waals surface area contributed by atoms with Crippen molar-refractivity contribution in [3.8, 4) is 5.69 Å². The van der Waals surface area contributed by atoms with Gasteiger partial charge in [0.1, 0.15) is 0 Å².